The second-order valence-corrected chi connectivity index (χ2v) is 7.11. The van der Waals surface area contributed by atoms with Crippen molar-refractivity contribution < 1.29 is 4.79 Å². The van der Waals surface area contributed by atoms with Gasteiger partial charge < -0.3 is 16.0 Å². The van der Waals surface area contributed by atoms with Crippen molar-refractivity contribution in [2.45, 2.75) is 51.0 Å². The normalized spacial score (nSPS) is 25.4. The van der Waals surface area contributed by atoms with E-state index in [1.165, 1.54) is 31.5 Å². The van der Waals surface area contributed by atoms with Crippen molar-refractivity contribution >= 4 is 11.6 Å². The zero-order chi connectivity index (χ0) is 16.1. The fourth-order valence-corrected chi connectivity index (χ4v) is 3.76. The first-order valence-electron chi connectivity index (χ1n) is 9.08. The highest BCUT2D eigenvalue weighted by molar-refractivity contribution is 5.92. The Kier molecular flexibility index (Phi) is 5.68. The summed E-state index contributed by atoms with van der Waals surface area (Å²) in [5.74, 6) is 0.207. The molecule has 4 heteroatoms. The van der Waals surface area contributed by atoms with E-state index in [-0.39, 0.29) is 17.9 Å². The van der Waals surface area contributed by atoms with Crippen LogP contribution in [0.5, 0.6) is 0 Å². The lowest BCUT2D eigenvalue weighted by Gasteiger charge is -2.25. The van der Waals surface area contributed by atoms with Crippen molar-refractivity contribution in [3.63, 3.8) is 0 Å². The van der Waals surface area contributed by atoms with Crippen LogP contribution in [0.1, 0.15) is 44.1 Å². The highest BCUT2D eigenvalue weighted by Gasteiger charge is 2.25. The lowest BCUT2D eigenvalue weighted by Crippen LogP contribution is -2.34. The van der Waals surface area contributed by atoms with E-state index in [1.807, 2.05) is 12.1 Å². The molecule has 4 nitrogen and oxygen atoms in total. The van der Waals surface area contributed by atoms with Crippen LogP contribution in [0.3, 0.4) is 0 Å². The van der Waals surface area contributed by atoms with E-state index in [4.69, 9.17) is 5.73 Å². The molecule has 1 aromatic rings. The number of nitrogens with zero attached hydrogens (tertiary/aromatic N) is 1. The fourth-order valence-electron chi connectivity index (χ4n) is 3.76. The number of benzene rings is 1. The van der Waals surface area contributed by atoms with Gasteiger partial charge in [0.2, 0.25) is 5.91 Å². The molecule has 0 aromatic heterocycles. The van der Waals surface area contributed by atoms with E-state index >= 15 is 0 Å². The summed E-state index contributed by atoms with van der Waals surface area (Å²) in [5, 5.41) is 3.05. The number of rotatable bonds is 5. The van der Waals surface area contributed by atoms with Crippen LogP contribution in [-0.2, 0) is 11.2 Å². The van der Waals surface area contributed by atoms with Crippen LogP contribution < -0.4 is 11.1 Å². The number of nitrogens with two attached hydrogens (primary N) is 1. The van der Waals surface area contributed by atoms with Crippen LogP contribution in [0, 0.1) is 5.92 Å². The minimum Gasteiger partial charge on any atom is -0.328 e. The predicted octanol–water partition coefficient (Wildman–Crippen LogP) is 2.78. The largest absolute Gasteiger partial charge is 0.328 e. The first-order valence-corrected chi connectivity index (χ1v) is 9.08. The summed E-state index contributed by atoms with van der Waals surface area (Å²) in [6.07, 6.45) is 7.68. The Morgan fingerprint density at radius 2 is 1.87 bits per heavy atom. The number of carbonyl (C=O) groups is 1. The molecule has 1 heterocycles. The Morgan fingerprint density at radius 3 is 2.57 bits per heavy atom. The lowest BCUT2D eigenvalue weighted by atomic mass is 9.85. The maximum absolute atomic E-state index is 12.3. The summed E-state index contributed by atoms with van der Waals surface area (Å²) in [7, 11) is 0. The maximum Gasteiger partial charge on any atom is 0.227 e. The van der Waals surface area contributed by atoms with E-state index in [0.29, 0.717) is 0 Å². The summed E-state index contributed by atoms with van der Waals surface area (Å²) in [6, 6.07) is 8.52. The molecule has 2 aliphatic rings. The summed E-state index contributed by atoms with van der Waals surface area (Å²) in [5.41, 5.74) is 8.22. The number of carbonyl (C=O) groups excluding carboxylic acids is 1. The zero-order valence-corrected chi connectivity index (χ0v) is 14.0. The van der Waals surface area contributed by atoms with Gasteiger partial charge in [0.1, 0.15) is 0 Å². The van der Waals surface area contributed by atoms with E-state index in [1.54, 1.807) is 0 Å². The van der Waals surface area contributed by atoms with Gasteiger partial charge in [0.05, 0.1) is 0 Å². The molecule has 1 aliphatic heterocycles. The number of hydrogen-bond donors (Lipinski definition) is 2. The molecule has 0 bridgehead atoms. The van der Waals surface area contributed by atoms with Gasteiger partial charge in [-0.25, -0.2) is 0 Å². The van der Waals surface area contributed by atoms with Crippen molar-refractivity contribution in [3.8, 4) is 0 Å². The third kappa shape index (κ3) is 4.79. The van der Waals surface area contributed by atoms with Gasteiger partial charge in [-0.1, -0.05) is 18.6 Å². The molecule has 1 saturated heterocycles. The number of nitrogens with one attached hydrogen (secondary N) is 1. The zero-order valence-electron chi connectivity index (χ0n) is 14.0. The SMILES string of the molecule is NC1CCCC(C(=O)Nc2ccc(CCN3CCCC3)cc2)C1. The predicted molar refractivity (Wildman–Crippen MR) is 94.4 cm³/mol. The molecule has 2 fully saturated rings. The number of likely N-dealkylation sites (tertiary alicyclic amines) is 1. The molecule has 3 rings (SSSR count). The minimum absolute atomic E-state index is 0.0774. The summed E-state index contributed by atoms with van der Waals surface area (Å²) >= 11 is 0. The number of amides is 1. The minimum atomic E-state index is 0.0774. The average molecular weight is 315 g/mol. The molecule has 126 valence electrons. The van der Waals surface area contributed by atoms with Gasteiger partial charge in [-0.05, 0) is 69.3 Å². The topological polar surface area (TPSA) is 58.4 Å². The van der Waals surface area contributed by atoms with E-state index in [2.05, 4.69) is 22.3 Å². The summed E-state index contributed by atoms with van der Waals surface area (Å²) in [4.78, 5) is 14.9. The molecule has 3 N–H and O–H groups in total. The van der Waals surface area contributed by atoms with Crippen molar-refractivity contribution in [1.29, 1.82) is 0 Å². The monoisotopic (exact) mass is 315 g/mol. The molecule has 23 heavy (non-hydrogen) atoms. The second kappa shape index (κ2) is 7.93. The van der Waals surface area contributed by atoms with Gasteiger partial charge >= 0.3 is 0 Å². The molecule has 1 aliphatic carbocycles. The van der Waals surface area contributed by atoms with Gasteiger partial charge in [-0.15, -0.1) is 0 Å². The Morgan fingerprint density at radius 1 is 1.13 bits per heavy atom. The lowest BCUT2D eigenvalue weighted by molar-refractivity contribution is -0.120. The standard InChI is InChI=1S/C19H29N3O/c20-17-5-3-4-16(14-17)19(23)21-18-8-6-15(7-9-18)10-13-22-11-1-2-12-22/h6-9,16-17H,1-5,10-14,20H2,(H,21,23). The molecule has 2 unspecified atom stereocenters. The smallest absolute Gasteiger partial charge is 0.227 e. The van der Waals surface area contributed by atoms with E-state index in [9.17, 15) is 4.79 Å². The maximum atomic E-state index is 12.3. The van der Waals surface area contributed by atoms with Gasteiger partial charge in [-0.3, -0.25) is 4.79 Å². The first-order chi connectivity index (χ1) is 11.2. The molecule has 2 atom stereocenters. The Balaban J connectivity index is 1.47. The third-order valence-corrected chi connectivity index (χ3v) is 5.22. The molecular formula is C19H29N3O. The van der Waals surface area contributed by atoms with Gasteiger partial charge in [0, 0.05) is 24.2 Å². The van der Waals surface area contributed by atoms with Crippen molar-refractivity contribution in [3.05, 3.63) is 29.8 Å². The van der Waals surface area contributed by atoms with Crippen LogP contribution in [0.25, 0.3) is 0 Å². The Labute approximate surface area is 139 Å². The molecule has 1 saturated carbocycles. The van der Waals surface area contributed by atoms with E-state index < -0.39 is 0 Å². The van der Waals surface area contributed by atoms with Crippen molar-refractivity contribution in [2.75, 3.05) is 25.0 Å². The van der Waals surface area contributed by atoms with Crippen molar-refractivity contribution in [1.82, 2.24) is 4.90 Å². The van der Waals surface area contributed by atoms with E-state index in [0.717, 1.165) is 44.3 Å². The highest BCUT2D eigenvalue weighted by Crippen LogP contribution is 2.24. The van der Waals surface area contributed by atoms with Crippen LogP contribution in [-0.4, -0.2) is 36.5 Å². The third-order valence-electron chi connectivity index (χ3n) is 5.22. The van der Waals surface area contributed by atoms with Gasteiger partial charge in [-0.2, -0.15) is 0 Å². The second-order valence-electron chi connectivity index (χ2n) is 7.11. The summed E-state index contributed by atoms with van der Waals surface area (Å²) in [6.45, 7) is 3.64. The molecular weight excluding hydrogens is 286 g/mol. The van der Waals surface area contributed by atoms with Crippen molar-refractivity contribution in [2.24, 2.45) is 11.7 Å². The number of hydrogen-bond acceptors (Lipinski definition) is 3. The first kappa shape index (κ1) is 16.5. The Bertz CT molecular complexity index is 508. The highest BCUT2D eigenvalue weighted by atomic mass is 16.1. The Hall–Kier alpha value is -1.39. The molecule has 0 radical (unpaired) electrons. The fraction of sp³-hybridized carbons (Fsp3) is 0.632. The van der Waals surface area contributed by atoms with Crippen LogP contribution in [0.15, 0.2) is 24.3 Å². The molecule has 1 aromatic carbocycles. The molecule has 1 amide bonds. The van der Waals surface area contributed by atoms with Gasteiger partial charge in [0.15, 0.2) is 0 Å². The summed E-state index contributed by atoms with van der Waals surface area (Å²) < 4.78 is 0. The van der Waals surface area contributed by atoms with Gasteiger partial charge in [0.25, 0.3) is 0 Å². The molecule has 0 spiro atoms. The number of anilines is 1. The van der Waals surface area contributed by atoms with Crippen LogP contribution in [0.2, 0.25) is 0 Å². The van der Waals surface area contributed by atoms with Crippen LogP contribution in [0.4, 0.5) is 5.69 Å². The quantitative estimate of drug-likeness (QED) is 0.878. The average Bonchev–Trinajstić information content (AvgIpc) is 3.08. The van der Waals surface area contributed by atoms with Crippen LogP contribution >= 0.6 is 0 Å².